The molecule has 0 radical (unpaired) electrons. The minimum atomic E-state index is -1.70. The number of aliphatic hydroxyl groups is 2. The van der Waals surface area contributed by atoms with Gasteiger partial charge in [0.05, 0.1) is 24.5 Å². The second-order valence-electron chi connectivity index (χ2n) is 13.5. The zero-order valence-electron chi connectivity index (χ0n) is 30.5. The third kappa shape index (κ3) is 12.5. The number of benzene rings is 1. The SMILES string of the molecule is CNc1cc(C/C(C)=C/C=C/C2OCOC2(N)CC(O)[C@H](C)CC(C)(O)C(CC=O)OC(=O)[C@@H](C)N(C)C(=O)CC[C@@H](C)S)cc(OC)c1Cl. The highest BCUT2D eigenvalue weighted by Crippen LogP contribution is 2.35. The van der Waals surface area contributed by atoms with Gasteiger partial charge in [-0.2, -0.15) is 12.6 Å². The molecule has 1 aromatic rings. The van der Waals surface area contributed by atoms with Crippen LogP contribution in [0.2, 0.25) is 5.02 Å². The van der Waals surface area contributed by atoms with Gasteiger partial charge in [0.1, 0.15) is 42.1 Å². The molecule has 12 nitrogen and oxygen atoms in total. The van der Waals surface area contributed by atoms with Crippen molar-refractivity contribution in [3.05, 3.63) is 46.5 Å². The molecular formula is C36H56ClN3O9S. The van der Waals surface area contributed by atoms with Crippen molar-refractivity contribution >= 4 is 48.1 Å². The highest BCUT2D eigenvalue weighted by Gasteiger charge is 2.45. The number of esters is 1. The van der Waals surface area contributed by atoms with Crippen LogP contribution in [0.5, 0.6) is 5.75 Å². The summed E-state index contributed by atoms with van der Waals surface area (Å²) in [6.07, 6.45) is 4.23. The van der Waals surface area contributed by atoms with E-state index in [2.05, 4.69) is 17.9 Å². The van der Waals surface area contributed by atoms with Gasteiger partial charge in [-0.15, -0.1) is 0 Å². The molecule has 1 heterocycles. The summed E-state index contributed by atoms with van der Waals surface area (Å²) in [4.78, 5) is 38.3. The average molecular weight is 742 g/mol. The first kappa shape index (κ1) is 43.5. The van der Waals surface area contributed by atoms with Gasteiger partial charge >= 0.3 is 5.97 Å². The van der Waals surface area contributed by atoms with Crippen LogP contribution in [0.25, 0.3) is 0 Å². The Balaban J connectivity index is 2.05. The molecule has 14 heteroatoms. The molecule has 1 aliphatic heterocycles. The van der Waals surface area contributed by atoms with E-state index in [1.807, 2.05) is 38.1 Å². The van der Waals surface area contributed by atoms with E-state index in [0.717, 1.165) is 16.8 Å². The third-order valence-electron chi connectivity index (χ3n) is 9.07. The van der Waals surface area contributed by atoms with E-state index in [0.29, 0.717) is 29.9 Å². The number of aliphatic hydroxyl groups excluding tert-OH is 1. The molecule has 1 fully saturated rings. The average Bonchev–Trinajstić information content (AvgIpc) is 3.41. The van der Waals surface area contributed by atoms with Gasteiger partial charge in [0, 0.05) is 33.4 Å². The zero-order chi connectivity index (χ0) is 37.8. The molecule has 0 aromatic heterocycles. The highest BCUT2D eigenvalue weighted by atomic mass is 35.5. The summed E-state index contributed by atoms with van der Waals surface area (Å²) < 4.78 is 22.4. The van der Waals surface area contributed by atoms with Crippen molar-refractivity contribution in [2.75, 3.05) is 33.3 Å². The first-order chi connectivity index (χ1) is 23.4. The number of ether oxygens (including phenoxy) is 4. The van der Waals surface area contributed by atoms with Crippen molar-refractivity contribution in [1.29, 1.82) is 0 Å². The van der Waals surface area contributed by atoms with Gasteiger partial charge in [-0.25, -0.2) is 4.79 Å². The summed E-state index contributed by atoms with van der Waals surface area (Å²) in [5.41, 5.74) is 6.37. The van der Waals surface area contributed by atoms with Gasteiger partial charge in [-0.3, -0.25) is 4.79 Å². The van der Waals surface area contributed by atoms with Crippen molar-refractivity contribution in [2.45, 2.75) is 114 Å². The number of likely N-dealkylation sites (N-methyl/N-ethyl adjacent to an activating group) is 1. The molecule has 0 aliphatic carbocycles. The highest BCUT2D eigenvalue weighted by molar-refractivity contribution is 7.80. The second-order valence-corrected chi connectivity index (χ2v) is 14.8. The van der Waals surface area contributed by atoms with Crippen molar-refractivity contribution in [3.8, 4) is 5.75 Å². The quantitative estimate of drug-likeness (QED) is 0.0555. The van der Waals surface area contributed by atoms with E-state index in [1.54, 1.807) is 27.2 Å². The van der Waals surface area contributed by atoms with Crippen LogP contribution in [-0.4, -0.2) is 102 Å². The number of rotatable bonds is 20. The molecule has 2 rings (SSSR count). The Morgan fingerprint density at radius 1 is 1.32 bits per heavy atom. The Labute approximate surface area is 307 Å². The predicted molar refractivity (Wildman–Crippen MR) is 197 cm³/mol. The Hall–Kier alpha value is -2.65. The van der Waals surface area contributed by atoms with Crippen molar-refractivity contribution in [2.24, 2.45) is 11.7 Å². The van der Waals surface area contributed by atoms with Gasteiger partial charge in [-0.1, -0.05) is 49.2 Å². The van der Waals surface area contributed by atoms with Crippen LogP contribution in [0.1, 0.15) is 72.3 Å². The number of hydrogen-bond acceptors (Lipinski definition) is 12. The maximum atomic E-state index is 13.0. The number of allylic oxidation sites excluding steroid dienone is 3. The predicted octanol–water partition coefficient (Wildman–Crippen LogP) is 4.44. The molecule has 282 valence electrons. The fourth-order valence-electron chi connectivity index (χ4n) is 5.71. The molecule has 0 bridgehead atoms. The van der Waals surface area contributed by atoms with Crippen LogP contribution in [0, 0.1) is 5.92 Å². The van der Waals surface area contributed by atoms with Crippen LogP contribution in [-0.2, 0) is 35.0 Å². The van der Waals surface area contributed by atoms with Crippen LogP contribution in [0.4, 0.5) is 5.69 Å². The Bertz CT molecular complexity index is 1330. The lowest BCUT2D eigenvalue weighted by Crippen LogP contribution is -2.52. The normalized spacial score (nSPS) is 22.3. The molecule has 8 atom stereocenters. The van der Waals surface area contributed by atoms with Crippen molar-refractivity contribution < 1.29 is 43.5 Å². The van der Waals surface area contributed by atoms with Gasteiger partial charge < -0.3 is 49.9 Å². The smallest absolute Gasteiger partial charge is 0.328 e. The zero-order valence-corrected chi connectivity index (χ0v) is 32.1. The molecule has 1 amide bonds. The Morgan fingerprint density at radius 3 is 2.60 bits per heavy atom. The van der Waals surface area contributed by atoms with Crippen LogP contribution < -0.4 is 15.8 Å². The number of thiol groups is 1. The maximum Gasteiger partial charge on any atom is 0.328 e. The van der Waals surface area contributed by atoms with E-state index in [9.17, 15) is 24.6 Å². The largest absolute Gasteiger partial charge is 0.495 e. The number of nitrogens with two attached hydrogens (primary N) is 1. The fraction of sp³-hybridized carbons (Fsp3) is 0.639. The molecule has 1 aliphatic rings. The summed E-state index contributed by atoms with van der Waals surface area (Å²) in [6.45, 7) is 8.48. The first-order valence-electron chi connectivity index (χ1n) is 16.8. The number of halogens is 1. The summed E-state index contributed by atoms with van der Waals surface area (Å²) >= 11 is 10.6. The van der Waals surface area contributed by atoms with E-state index >= 15 is 0 Å². The second kappa shape index (κ2) is 19.8. The topological polar surface area (TPSA) is 170 Å². The summed E-state index contributed by atoms with van der Waals surface area (Å²) in [7, 11) is 4.86. The lowest BCUT2D eigenvalue weighted by atomic mass is 9.82. The molecule has 5 N–H and O–H groups in total. The van der Waals surface area contributed by atoms with E-state index in [4.69, 9.17) is 36.3 Å². The van der Waals surface area contributed by atoms with E-state index < -0.39 is 47.6 Å². The fourth-order valence-corrected chi connectivity index (χ4v) is 6.12. The number of carbonyl (C=O) groups is 3. The third-order valence-corrected chi connectivity index (χ3v) is 9.72. The Kier molecular flexibility index (Phi) is 17.2. The molecule has 0 saturated carbocycles. The lowest BCUT2D eigenvalue weighted by Gasteiger charge is -2.37. The van der Waals surface area contributed by atoms with Crippen LogP contribution in [0.3, 0.4) is 0 Å². The minimum Gasteiger partial charge on any atom is -0.495 e. The maximum absolute atomic E-state index is 13.0. The summed E-state index contributed by atoms with van der Waals surface area (Å²) in [5, 5.41) is 26.2. The van der Waals surface area contributed by atoms with Crippen LogP contribution >= 0.6 is 24.2 Å². The van der Waals surface area contributed by atoms with E-state index in [1.165, 1.54) is 25.8 Å². The summed E-state index contributed by atoms with van der Waals surface area (Å²) in [5.74, 6) is -0.983. The van der Waals surface area contributed by atoms with E-state index in [-0.39, 0.29) is 43.6 Å². The monoisotopic (exact) mass is 741 g/mol. The van der Waals surface area contributed by atoms with Gasteiger partial charge in [0.25, 0.3) is 0 Å². The summed E-state index contributed by atoms with van der Waals surface area (Å²) in [6, 6.07) is 2.91. The standard InChI is InChI=1S/C36H56ClN3O9S/c1-22(16-26-17-27(39-6)33(37)29(18-26)46-8)10-9-11-31-36(38,48-21-47-31)20-28(42)23(2)19-35(5,45)30(14-15-41)49-34(44)25(4)40(7)32(43)13-12-24(3)50/h9-11,15,17-18,23-25,28,30-31,39,42,45,50H,12-14,16,19-21,38H2,1-8H3/b11-9+,22-10+/t23-,24-,25-,28?,30?,31?,35?,36?/m1/s1. The van der Waals surface area contributed by atoms with Gasteiger partial charge in [0.15, 0.2) is 5.72 Å². The van der Waals surface area contributed by atoms with Crippen LogP contribution in [0.15, 0.2) is 35.9 Å². The number of methoxy groups -OCH3 is 1. The number of nitrogens with one attached hydrogen (secondary N) is 1. The molecule has 0 spiro atoms. The number of anilines is 1. The van der Waals surface area contributed by atoms with Gasteiger partial charge in [0.2, 0.25) is 5.91 Å². The Morgan fingerprint density at radius 2 is 2.00 bits per heavy atom. The number of aldehydes is 1. The molecule has 1 saturated heterocycles. The molecular weight excluding hydrogens is 686 g/mol. The number of nitrogens with zero attached hydrogens (tertiary/aromatic N) is 1. The number of amides is 1. The lowest BCUT2D eigenvalue weighted by molar-refractivity contribution is -0.174. The molecule has 50 heavy (non-hydrogen) atoms. The van der Waals surface area contributed by atoms with Gasteiger partial charge in [-0.05, 0) is 68.9 Å². The minimum absolute atomic E-state index is 0.0215. The first-order valence-corrected chi connectivity index (χ1v) is 17.7. The van der Waals surface area contributed by atoms with Crippen molar-refractivity contribution in [3.63, 3.8) is 0 Å². The van der Waals surface area contributed by atoms with Crippen molar-refractivity contribution in [1.82, 2.24) is 4.90 Å². The molecule has 1 aromatic carbocycles. The molecule has 5 unspecified atom stereocenters. The number of carbonyl (C=O) groups excluding carboxylic acids is 3. The number of hydrogen-bond donors (Lipinski definition) is 5.